The van der Waals surface area contributed by atoms with E-state index in [4.69, 9.17) is 21.1 Å². The molecular weight excluding hydrogens is 386 g/mol. The van der Waals surface area contributed by atoms with Crippen molar-refractivity contribution in [3.63, 3.8) is 0 Å². The van der Waals surface area contributed by atoms with E-state index in [1.807, 2.05) is 36.6 Å². The lowest BCUT2D eigenvalue weighted by Crippen LogP contribution is -2.42. The fourth-order valence-electron chi connectivity index (χ4n) is 2.25. The number of hydrogen-bond donors (Lipinski definition) is 1. The van der Waals surface area contributed by atoms with Crippen LogP contribution in [0.25, 0.3) is 0 Å². The van der Waals surface area contributed by atoms with Crippen LogP contribution < -0.4 is 10.1 Å². The van der Waals surface area contributed by atoms with Crippen molar-refractivity contribution in [2.24, 2.45) is 0 Å². The summed E-state index contributed by atoms with van der Waals surface area (Å²) in [7, 11) is 0. The van der Waals surface area contributed by atoms with Crippen LogP contribution in [-0.2, 0) is 9.53 Å². The number of hydrogen-bond acceptors (Lipinski definition) is 5. The van der Waals surface area contributed by atoms with Crippen LogP contribution in [0.5, 0.6) is 5.75 Å². The van der Waals surface area contributed by atoms with Crippen LogP contribution in [-0.4, -0.2) is 43.1 Å². The fourth-order valence-corrected chi connectivity index (χ4v) is 2.84. The molecule has 2 rings (SSSR count). The number of halogens is 1. The largest absolute Gasteiger partial charge is 0.490 e. The maximum Gasteiger partial charge on any atom is 0.328 e. The SMILES string of the molecule is CSCC[C@@H](NC(=O)c1ccc(Cl)cc1)C(=O)OCCOc1ccccc1. The molecule has 0 heterocycles. The van der Waals surface area contributed by atoms with E-state index in [-0.39, 0.29) is 19.1 Å². The monoisotopic (exact) mass is 407 g/mol. The van der Waals surface area contributed by atoms with Gasteiger partial charge in [0.15, 0.2) is 0 Å². The zero-order valence-corrected chi connectivity index (χ0v) is 16.6. The molecule has 7 heteroatoms. The summed E-state index contributed by atoms with van der Waals surface area (Å²) in [6.07, 6.45) is 2.43. The molecule has 0 aliphatic carbocycles. The molecule has 0 aliphatic rings. The highest BCUT2D eigenvalue weighted by Crippen LogP contribution is 2.11. The summed E-state index contributed by atoms with van der Waals surface area (Å²) in [4.78, 5) is 24.7. The van der Waals surface area contributed by atoms with Gasteiger partial charge in [0, 0.05) is 10.6 Å². The van der Waals surface area contributed by atoms with Crippen LogP contribution in [0.1, 0.15) is 16.8 Å². The molecule has 1 N–H and O–H groups in total. The number of amides is 1. The maximum absolute atomic E-state index is 12.4. The van der Waals surface area contributed by atoms with E-state index < -0.39 is 12.0 Å². The predicted molar refractivity (Wildman–Crippen MR) is 109 cm³/mol. The third kappa shape index (κ3) is 7.53. The molecule has 0 unspecified atom stereocenters. The second-order valence-corrected chi connectivity index (χ2v) is 7.07. The van der Waals surface area contributed by atoms with Gasteiger partial charge in [0.1, 0.15) is 25.0 Å². The molecule has 1 atom stereocenters. The van der Waals surface area contributed by atoms with Crippen molar-refractivity contribution in [3.05, 3.63) is 65.2 Å². The minimum absolute atomic E-state index is 0.111. The molecule has 0 bridgehead atoms. The van der Waals surface area contributed by atoms with Crippen LogP contribution >= 0.6 is 23.4 Å². The van der Waals surface area contributed by atoms with E-state index in [1.165, 1.54) is 0 Å². The van der Waals surface area contributed by atoms with Gasteiger partial charge in [-0.15, -0.1) is 0 Å². The summed E-state index contributed by atoms with van der Waals surface area (Å²) in [6.45, 7) is 0.358. The molecule has 0 fully saturated rings. The first-order valence-corrected chi connectivity index (χ1v) is 10.3. The number of thioether (sulfide) groups is 1. The van der Waals surface area contributed by atoms with Gasteiger partial charge in [-0.05, 0) is 54.8 Å². The molecule has 5 nitrogen and oxygen atoms in total. The lowest BCUT2D eigenvalue weighted by atomic mass is 10.1. The van der Waals surface area contributed by atoms with E-state index in [0.717, 1.165) is 5.75 Å². The number of carbonyl (C=O) groups is 2. The van der Waals surface area contributed by atoms with E-state index in [1.54, 1.807) is 36.0 Å². The minimum Gasteiger partial charge on any atom is -0.490 e. The summed E-state index contributed by atoms with van der Waals surface area (Å²) >= 11 is 7.43. The highest BCUT2D eigenvalue weighted by molar-refractivity contribution is 7.98. The molecule has 144 valence electrons. The standard InChI is InChI=1S/C20H22ClNO4S/c1-27-14-11-18(22-19(23)15-7-9-16(21)10-8-15)20(24)26-13-12-25-17-5-3-2-4-6-17/h2-10,18H,11-14H2,1H3,(H,22,23)/t18-/m1/s1. The van der Waals surface area contributed by atoms with Crippen molar-refractivity contribution in [1.82, 2.24) is 5.32 Å². The van der Waals surface area contributed by atoms with Gasteiger partial charge in [-0.2, -0.15) is 11.8 Å². The number of benzene rings is 2. The average Bonchev–Trinajstić information content (AvgIpc) is 2.69. The molecule has 0 radical (unpaired) electrons. The Bertz CT molecular complexity index is 725. The third-order valence-electron chi connectivity index (χ3n) is 3.65. The van der Waals surface area contributed by atoms with Gasteiger partial charge < -0.3 is 14.8 Å². The Morgan fingerprint density at radius 3 is 2.44 bits per heavy atom. The Morgan fingerprint density at radius 1 is 1.07 bits per heavy atom. The van der Waals surface area contributed by atoms with Crippen LogP contribution in [0, 0.1) is 0 Å². The van der Waals surface area contributed by atoms with Crippen molar-refractivity contribution in [2.45, 2.75) is 12.5 Å². The highest BCUT2D eigenvalue weighted by atomic mass is 35.5. The fraction of sp³-hybridized carbons (Fsp3) is 0.300. The van der Waals surface area contributed by atoms with Gasteiger partial charge in [0.2, 0.25) is 0 Å². The first-order chi connectivity index (χ1) is 13.1. The topological polar surface area (TPSA) is 64.6 Å². The zero-order chi connectivity index (χ0) is 19.5. The number of rotatable bonds is 10. The predicted octanol–water partition coefficient (Wildman–Crippen LogP) is 3.81. The van der Waals surface area contributed by atoms with Crippen LogP contribution in [0.4, 0.5) is 0 Å². The third-order valence-corrected chi connectivity index (χ3v) is 4.54. The van der Waals surface area contributed by atoms with E-state index >= 15 is 0 Å². The van der Waals surface area contributed by atoms with E-state index in [2.05, 4.69) is 5.32 Å². The van der Waals surface area contributed by atoms with Gasteiger partial charge in [0.25, 0.3) is 5.91 Å². The summed E-state index contributed by atoms with van der Waals surface area (Å²) in [6, 6.07) is 15.1. The smallest absolute Gasteiger partial charge is 0.328 e. The van der Waals surface area contributed by atoms with Crippen molar-refractivity contribution in [1.29, 1.82) is 0 Å². The first kappa shape index (κ1) is 21.1. The highest BCUT2D eigenvalue weighted by Gasteiger charge is 2.22. The second kappa shape index (κ2) is 11.5. The van der Waals surface area contributed by atoms with E-state index in [9.17, 15) is 9.59 Å². The maximum atomic E-state index is 12.4. The van der Waals surface area contributed by atoms with Crippen LogP contribution in [0.3, 0.4) is 0 Å². The Balaban J connectivity index is 1.84. The van der Waals surface area contributed by atoms with Crippen molar-refractivity contribution in [2.75, 3.05) is 25.2 Å². The Morgan fingerprint density at radius 2 is 1.78 bits per heavy atom. The number of ether oxygens (including phenoxy) is 2. The zero-order valence-electron chi connectivity index (χ0n) is 15.0. The van der Waals surface area contributed by atoms with Gasteiger partial charge in [0.05, 0.1) is 0 Å². The first-order valence-electron chi connectivity index (χ1n) is 8.50. The number of nitrogens with one attached hydrogen (secondary N) is 1. The molecule has 0 aliphatic heterocycles. The van der Waals surface area contributed by atoms with Crippen molar-refractivity contribution in [3.8, 4) is 5.75 Å². The molecule has 2 aromatic carbocycles. The summed E-state index contributed by atoms with van der Waals surface area (Å²) in [5, 5.41) is 3.28. The van der Waals surface area contributed by atoms with Crippen molar-refractivity contribution >= 4 is 35.2 Å². The molecule has 27 heavy (non-hydrogen) atoms. The Hall–Kier alpha value is -2.18. The molecule has 0 aromatic heterocycles. The van der Waals surface area contributed by atoms with Gasteiger partial charge >= 0.3 is 5.97 Å². The normalized spacial score (nSPS) is 11.5. The molecule has 0 saturated carbocycles. The summed E-state index contributed by atoms with van der Waals surface area (Å²) in [5.74, 6) is 0.628. The van der Waals surface area contributed by atoms with Crippen LogP contribution in [0.15, 0.2) is 54.6 Å². The number of esters is 1. The van der Waals surface area contributed by atoms with Gasteiger partial charge in [-0.3, -0.25) is 4.79 Å². The minimum atomic E-state index is -0.711. The molecular formula is C20H22ClNO4S. The average molecular weight is 408 g/mol. The van der Waals surface area contributed by atoms with Gasteiger partial charge in [-0.1, -0.05) is 29.8 Å². The van der Waals surface area contributed by atoms with Crippen molar-refractivity contribution < 1.29 is 19.1 Å². The molecule has 0 spiro atoms. The Kier molecular flexibility index (Phi) is 9.01. The second-order valence-electron chi connectivity index (χ2n) is 5.64. The quantitative estimate of drug-likeness (QED) is 0.479. The molecule has 2 aromatic rings. The van der Waals surface area contributed by atoms with Gasteiger partial charge in [-0.25, -0.2) is 4.79 Å². The number of para-hydroxylation sites is 1. The molecule has 1 amide bonds. The number of carbonyl (C=O) groups excluding carboxylic acids is 2. The molecule has 0 saturated heterocycles. The summed E-state index contributed by atoms with van der Waals surface area (Å²) in [5.41, 5.74) is 0.439. The summed E-state index contributed by atoms with van der Waals surface area (Å²) < 4.78 is 10.8. The lowest BCUT2D eigenvalue weighted by Gasteiger charge is -2.17. The lowest BCUT2D eigenvalue weighted by molar-refractivity contribution is -0.146. The Labute approximate surface area is 168 Å². The van der Waals surface area contributed by atoms with E-state index in [0.29, 0.717) is 22.8 Å². The van der Waals surface area contributed by atoms with Crippen LogP contribution in [0.2, 0.25) is 5.02 Å².